The van der Waals surface area contributed by atoms with Crippen LogP contribution in [0.3, 0.4) is 0 Å². The molecule has 0 aliphatic heterocycles. The molecular formula is C13H18N2. The van der Waals surface area contributed by atoms with Gasteiger partial charge in [-0.2, -0.15) is 5.10 Å². The zero-order valence-electron chi connectivity index (χ0n) is 10.1. The highest BCUT2D eigenvalue weighted by Crippen LogP contribution is 2.32. The van der Waals surface area contributed by atoms with E-state index in [9.17, 15) is 0 Å². The molecule has 0 amide bonds. The second-order valence-electron chi connectivity index (χ2n) is 4.60. The van der Waals surface area contributed by atoms with E-state index < -0.39 is 0 Å². The summed E-state index contributed by atoms with van der Waals surface area (Å²) < 4.78 is 0. The first-order chi connectivity index (χ1) is 7.04. The maximum atomic E-state index is 4.16. The van der Waals surface area contributed by atoms with E-state index in [4.69, 9.17) is 0 Å². The Morgan fingerprint density at radius 3 is 2.33 bits per heavy atom. The van der Waals surface area contributed by atoms with Gasteiger partial charge in [0, 0.05) is 5.39 Å². The third kappa shape index (κ3) is 1.36. The number of rotatable bonds is 1. The second-order valence-corrected chi connectivity index (χ2v) is 4.60. The van der Waals surface area contributed by atoms with Gasteiger partial charge in [-0.1, -0.05) is 13.8 Å². The SMILES string of the molecule is Cc1c(C)c(C)c2[nH]ncc2c1C(C)C. The lowest BCUT2D eigenvalue weighted by atomic mass is 9.89. The molecule has 0 saturated carbocycles. The van der Waals surface area contributed by atoms with Crippen molar-refractivity contribution in [1.29, 1.82) is 0 Å². The molecule has 0 bridgehead atoms. The van der Waals surface area contributed by atoms with Gasteiger partial charge in [0.2, 0.25) is 0 Å². The molecule has 0 unspecified atom stereocenters. The molecule has 2 aromatic rings. The van der Waals surface area contributed by atoms with Crippen LogP contribution in [0.5, 0.6) is 0 Å². The Morgan fingerprint density at radius 2 is 1.73 bits per heavy atom. The average Bonchev–Trinajstić information content (AvgIpc) is 2.62. The van der Waals surface area contributed by atoms with Crippen LogP contribution < -0.4 is 0 Å². The van der Waals surface area contributed by atoms with Gasteiger partial charge in [0.25, 0.3) is 0 Å². The molecule has 0 aliphatic rings. The van der Waals surface area contributed by atoms with Crippen molar-refractivity contribution in [2.24, 2.45) is 0 Å². The van der Waals surface area contributed by atoms with Crippen molar-refractivity contribution in [3.8, 4) is 0 Å². The van der Waals surface area contributed by atoms with Crippen LogP contribution in [-0.4, -0.2) is 10.2 Å². The summed E-state index contributed by atoms with van der Waals surface area (Å²) in [7, 11) is 0. The lowest BCUT2D eigenvalue weighted by Gasteiger charge is -2.16. The van der Waals surface area contributed by atoms with Crippen LogP contribution in [0.15, 0.2) is 6.20 Å². The van der Waals surface area contributed by atoms with Crippen LogP contribution in [0.4, 0.5) is 0 Å². The van der Waals surface area contributed by atoms with Crippen molar-refractivity contribution in [2.45, 2.75) is 40.5 Å². The van der Waals surface area contributed by atoms with Gasteiger partial charge in [-0.15, -0.1) is 0 Å². The number of aryl methyl sites for hydroxylation is 1. The lowest BCUT2D eigenvalue weighted by molar-refractivity contribution is 0.863. The molecule has 2 nitrogen and oxygen atoms in total. The molecule has 1 N–H and O–H groups in total. The largest absolute Gasteiger partial charge is 0.278 e. The predicted octanol–water partition coefficient (Wildman–Crippen LogP) is 3.61. The van der Waals surface area contributed by atoms with Crippen molar-refractivity contribution in [1.82, 2.24) is 10.2 Å². The van der Waals surface area contributed by atoms with E-state index >= 15 is 0 Å². The van der Waals surface area contributed by atoms with Gasteiger partial charge in [0.15, 0.2) is 0 Å². The van der Waals surface area contributed by atoms with Gasteiger partial charge in [-0.25, -0.2) is 0 Å². The van der Waals surface area contributed by atoms with Gasteiger partial charge in [-0.05, 0) is 48.9 Å². The van der Waals surface area contributed by atoms with Crippen molar-refractivity contribution < 1.29 is 0 Å². The van der Waals surface area contributed by atoms with E-state index in [0.717, 1.165) is 0 Å². The number of aromatic nitrogens is 2. The van der Waals surface area contributed by atoms with Crippen molar-refractivity contribution in [3.05, 3.63) is 28.5 Å². The van der Waals surface area contributed by atoms with Gasteiger partial charge < -0.3 is 0 Å². The molecule has 1 heterocycles. The van der Waals surface area contributed by atoms with Gasteiger partial charge in [0.05, 0.1) is 11.7 Å². The highest BCUT2D eigenvalue weighted by Gasteiger charge is 2.15. The maximum absolute atomic E-state index is 4.16. The number of hydrogen-bond acceptors (Lipinski definition) is 1. The molecular weight excluding hydrogens is 184 g/mol. The first-order valence-electron chi connectivity index (χ1n) is 5.46. The van der Waals surface area contributed by atoms with Crippen molar-refractivity contribution >= 4 is 10.9 Å². The second kappa shape index (κ2) is 3.37. The van der Waals surface area contributed by atoms with Crippen LogP contribution in [0, 0.1) is 20.8 Å². The van der Waals surface area contributed by atoms with E-state index in [1.165, 1.54) is 33.2 Å². The average molecular weight is 202 g/mol. The van der Waals surface area contributed by atoms with Crippen LogP contribution in [0.1, 0.15) is 42.0 Å². The topological polar surface area (TPSA) is 28.7 Å². The molecule has 2 rings (SSSR count). The smallest absolute Gasteiger partial charge is 0.0685 e. The Bertz CT molecular complexity index is 507. The fourth-order valence-corrected chi connectivity index (χ4v) is 2.39. The minimum atomic E-state index is 0.546. The highest BCUT2D eigenvalue weighted by atomic mass is 15.1. The molecule has 1 aromatic heterocycles. The minimum absolute atomic E-state index is 0.546. The monoisotopic (exact) mass is 202 g/mol. The molecule has 0 fully saturated rings. The first kappa shape index (κ1) is 10.2. The highest BCUT2D eigenvalue weighted by molar-refractivity contribution is 5.87. The van der Waals surface area contributed by atoms with Gasteiger partial charge >= 0.3 is 0 Å². The quantitative estimate of drug-likeness (QED) is 0.751. The van der Waals surface area contributed by atoms with Crippen LogP contribution in [-0.2, 0) is 0 Å². The predicted molar refractivity (Wildman–Crippen MR) is 64.4 cm³/mol. The van der Waals surface area contributed by atoms with Gasteiger partial charge in [-0.3, -0.25) is 5.10 Å². The molecule has 0 radical (unpaired) electrons. The number of fused-ring (bicyclic) bond motifs is 1. The summed E-state index contributed by atoms with van der Waals surface area (Å²) in [5.41, 5.74) is 6.75. The zero-order chi connectivity index (χ0) is 11.2. The van der Waals surface area contributed by atoms with Crippen LogP contribution in [0.2, 0.25) is 0 Å². The van der Waals surface area contributed by atoms with Crippen molar-refractivity contribution in [2.75, 3.05) is 0 Å². The maximum Gasteiger partial charge on any atom is 0.0685 e. The number of aromatic amines is 1. The number of nitrogens with one attached hydrogen (secondary N) is 1. The Labute approximate surface area is 90.7 Å². The van der Waals surface area contributed by atoms with E-state index in [2.05, 4.69) is 44.8 Å². The summed E-state index contributed by atoms with van der Waals surface area (Å²) in [4.78, 5) is 0. The standard InChI is InChI=1S/C13H18N2/c1-7(2)12-9(4)8(3)10(5)13-11(12)6-14-15-13/h6-7H,1-5H3,(H,14,15). The molecule has 80 valence electrons. The van der Waals surface area contributed by atoms with Gasteiger partial charge in [0.1, 0.15) is 0 Å². The summed E-state index contributed by atoms with van der Waals surface area (Å²) >= 11 is 0. The number of benzene rings is 1. The molecule has 0 saturated heterocycles. The first-order valence-corrected chi connectivity index (χ1v) is 5.46. The molecule has 0 spiro atoms. The Kier molecular flexibility index (Phi) is 2.29. The molecule has 2 heteroatoms. The molecule has 0 aliphatic carbocycles. The Morgan fingerprint density at radius 1 is 1.07 bits per heavy atom. The summed E-state index contributed by atoms with van der Waals surface area (Å²) in [6, 6.07) is 0. The van der Waals surface area contributed by atoms with Crippen LogP contribution >= 0.6 is 0 Å². The lowest BCUT2D eigenvalue weighted by Crippen LogP contribution is -1.98. The molecule has 15 heavy (non-hydrogen) atoms. The van der Waals surface area contributed by atoms with E-state index in [-0.39, 0.29) is 0 Å². The Balaban J connectivity index is 2.94. The fourth-order valence-electron chi connectivity index (χ4n) is 2.39. The minimum Gasteiger partial charge on any atom is -0.278 e. The zero-order valence-corrected chi connectivity index (χ0v) is 10.1. The third-order valence-corrected chi connectivity index (χ3v) is 3.41. The normalized spacial score (nSPS) is 11.6. The van der Waals surface area contributed by atoms with Crippen molar-refractivity contribution in [3.63, 3.8) is 0 Å². The number of nitrogens with zero attached hydrogens (tertiary/aromatic N) is 1. The van der Waals surface area contributed by atoms with E-state index in [0.29, 0.717) is 5.92 Å². The van der Waals surface area contributed by atoms with E-state index in [1.807, 2.05) is 6.20 Å². The summed E-state index contributed by atoms with van der Waals surface area (Å²) in [5.74, 6) is 0.546. The Hall–Kier alpha value is -1.31. The summed E-state index contributed by atoms with van der Waals surface area (Å²) in [6.07, 6.45) is 1.95. The summed E-state index contributed by atoms with van der Waals surface area (Å²) in [6.45, 7) is 11.0. The molecule has 0 atom stereocenters. The number of H-pyrrole nitrogens is 1. The number of hydrogen-bond donors (Lipinski definition) is 1. The molecule has 1 aromatic carbocycles. The fraction of sp³-hybridized carbons (Fsp3) is 0.462. The third-order valence-electron chi connectivity index (χ3n) is 3.41. The summed E-state index contributed by atoms with van der Waals surface area (Å²) in [5, 5.41) is 8.55. The van der Waals surface area contributed by atoms with E-state index in [1.54, 1.807) is 0 Å². The van der Waals surface area contributed by atoms with Crippen LogP contribution in [0.25, 0.3) is 10.9 Å².